The molecule has 1 aliphatic heterocycles. The van der Waals surface area contributed by atoms with Crippen LogP contribution in [0.4, 0.5) is 5.69 Å². The van der Waals surface area contributed by atoms with Crippen LogP contribution in [0, 0.1) is 0 Å². The lowest BCUT2D eigenvalue weighted by Gasteiger charge is -2.18. The minimum Gasteiger partial charge on any atom is -0.373 e. The predicted molar refractivity (Wildman–Crippen MR) is 60.2 cm³/mol. The Morgan fingerprint density at radius 3 is 2.79 bits per heavy atom. The molecular weight excluding hydrogens is 194 g/mol. The molecule has 2 nitrogen and oxygen atoms in total. The maximum absolute atomic E-state index is 11.1. The maximum Gasteiger partial charge on any atom is 0.159 e. The number of hydrogen-bond donors (Lipinski definition) is 1. The minimum absolute atomic E-state index is 0.176. The summed E-state index contributed by atoms with van der Waals surface area (Å²) in [4.78, 5) is 11.1. The molecule has 1 aliphatic rings. The average molecular weight is 205 g/mol. The largest absolute Gasteiger partial charge is 0.373 e. The summed E-state index contributed by atoms with van der Waals surface area (Å²) in [7, 11) is 0. The highest BCUT2D eigenvalue weighted by Crippen LogP contribution is 2.23. The molecule has 0 amide bonds. The van der Waals surface area contributed by atoms with E-state index in [9.17, 15) is 4.79 Å². The second kappa shape index (κ2) is 4.33. The molecule has 1 unspecified atom stereocenters. The summed E-state index contributed by atoms with van der Waals surface area (Å²) in [6.45, 7) is 0. The molecule has 14 heavy (non-hydrogen) atoms. The number of carbonyl (C=O) groups excluding carboxylic acids is 1. The summed E-state index contributed by atoms with van der Waals surface area (Å²) in [6, 6.07) is 9.94. The maximum atomic E-state index is 11.1. The first-order valence-corrected chi connectivity index (χ1v) is 5.45. The normalized spacial score (nSPS) is 20.9. The quantitative estimate of drug-likeness (QED) is 0.804. The fourth-order valence-electron chi connectivity index (χ4n) is 1.31. The second-order valence-corrected chi connectivity index (χ2v) is 4.22. The van der Waals surface area contributed by atoms with Gasteiger partial charge in [0.15, 0.2) is 5.78 Å². The lowest BCUT2D eigenvalue weighted by atomic mass is 10.2. The Balaban J connectivity index is 1.99. The van der Waals surface area contributed by atoms with Crippen LogP contribution in [0.5, 0.6) is 0 Å². The van der Waals surface area contributed by atoms with Gasteiger partial charge in [-0.05, 0) is 23.6 Å². The van der Waals surface area contributed by atoms with Gasteiger partial charge in [-0.3, -0.25) is 4.79 Å². The van der Waals surface area contributed by atoms with Crippen molar-refractivity contribution in [2.75, 3.05) is 5.32 Å². The Hall–Kier alpha value is -1.22. The first-order chi connectivity index (χ1) is 6.84. The molecule has 0 radical (unpaired) electrons. The third kappa shape index (κ3) is 2.39. The summed E-state index contributed by atoms with van der Waals surface area (Å²) in [5, 5.41) is 5.33. The van der Waals surface area contributed by atoms with Crippen molar-refractivity contribution in [2.24, 2.45) is 0 Å². The van der Waals surface area contributed by atoms with Gasteiger partial charge in [0.2, 0.25) is 0 Å². The highest BCUT2D eigenvalue weighted by Gasteiger charge is 2.15. The molecule has 1 aromatic rings. The van der Waals surface area contributed by atoms with Crippen molar-refractivity contribution in [2.45, 2.75) is 11.8 Å². The molecule has 1 N–H and O–H groups in total. The fraction of sp³-hybridized carbons (Fsp3) is 0.182. The standard InChI is InChI=1S/C11H11NOS/c13-10-6-7-14-11(8-10)12-9-4-2-1-3-5-9/h1-7,11-12H,8H2. The van der Waals surface area contributed by atoms with Crippen molar-refractivity contribution in [3.05, 3.63) is 41.8 Å². The van der Waals surface area contributed by atoms with Gasteiger partial charge < -0.3 is 5.32 Å². The molecule has 1 aromatic carbocycles. The first kappa shape index (κ1) is 9.34. The number of benzene rings is 1. The van der Waals surface area contributed by atoms with Crippen LogP contribution < -0.4 is 5.32 Å². The van der Waals surface area contributed by atoms with Gasteiger partial charge in [0.05, 0.1) is 5.37 Å². The van der Waals surface area contributed by atoms with E-state index in [-0.39, 0.29) is 11.2 Å². The molecule has 0 aromatic heterocycles. The zero-order chi connectivity index (χ0) is 9.80. The highest BCUT2D eigenvalue weighted by molar-refractivity contribution is 8.02. The zero-order valence-electron chi connectivity index (χ0n) is 7.64. The molecule has 3 heteroatoms. The van der Waals surface area contributed by atoms with Gasteiger partial charge in [0.1, 0.15) is 0 Å². The van der Waals surface area contributed by atoms with Gasteiger partial charge >= 0.3 is 0 Å². The van der Waals surface area contributed by atoms with Crippen molar-refractivity contribution >= 4 is 23.2 Å². The van der Waals surface area contributed by atoms with Crippen molar-refractivity contribution in [3.63, 3.8) is 0 Å². The van der Waals surface area contributed by atoms with Crippen LogP contribution >= 0.6 is 11.8 Å². The van der Waals surface area contributed by atoms with Crippen LogP contribution in [-0.4, -0.2) is 11.2 Å². The van der Waals surface area contributed by atoms with Crippen molar-refractivity contribution in [1.82, 2.24) is 0 Å². The first-order valence-electron chi connectivity index (χ1n) is 4.51. The zero-order valence-corrected chi connectivity index (χ0v) is 8.46. The number of para-hydroxylation sites is 1. The SMILES string of the molecule is O=C1C=CSC(Nc2ccccc2)C1. The van der Waals surface area contributed by atoms with Crippen LogP contribution in [0.15, 0.2) is 41.8 Å². The van der Waals surface area contributed by atoms with Crippen LogP contribution in [0.2, 0.25) is 0 Å². The van der Waals surface area contributed by atoms with Gasteiger partial charge in [0, 0.05) is 12.1 Å². The summed E-state index contributed by atoms with van der Waals surface area (Å²) in [5.74, 6) is 0.192. The number of ketones is 1. The van der Waals surface area contributed by atoms with E-state index < -0.39 is 0 Å². The third-order valence-electron chi connectivity index (χ3n) is 1.98. The molecule has 1 heterocycles. The number of hydrogen-bond acceptors (Lipinski definition) is 3. The van der Waals surface area contributed by atoms with Crippen molar-refractivity contribution in [1.29, 1.82) is 0 Å². The van der Waals surface area contributed by atoms with E-state index in [4.69, 9.17) is 0 Å². The Morgan fingerprint density at radius 1 is 1.29 bits per heavy atom. The summed E-state index contributed by atoms with van der Waals surface area (Å²) < 4.78 is 0. The Morgan fingerprint density at radius 2 is 2.07 bits per heavy atom. The number of carbonyl (C=O) groups is 1. The van der Waals surface area contributed by atoms with E-state index in [1.54, 1.807) is 17.8 Å². The van der Waals surface area contributed by atoms with Crippen LogP contribution in [0.25, 0.3) is 0 Å². The monoisotopic (exact) mass is 205 g/mol. The van der Waals surface area contributed by atoms with Gasteiger partial charge in [-0.15, -0.1) is 11.8 Å². The molecule has 0 bridgehead atoms. The molecule has 1 atom stereocenters. The third-order valence-corrected chi connectivity index (χ3v) is 2.89. The van der Waals surface area contributed by atoms with Crippen molar-refractivity contribution < 1.29 is 4.79 Å². The van der Waals surface area contributed by atoms with E-state index >= 15 is 0 Å². The molecule has 72 valence electrons. The van der Waals surface area contributed by atoms with E-state index in [1.807, 2.05) is 35.7 Å². The molecule has 0 saturated heterocycles. The Kier molecular flexibility index (Phi) is 2.89. The van der Waals surface area contributed by atoms with Gasteiger partial charge in [-0.1, -0.05) is 18.2 Å². The Bertz CT molecular complexity index is 348. The lowest BCUT2D eigenvalue weighted by Crippen LogP contribution is -2.20. The number of anilines is 1. The summed E-state index contributed by atoms with van der Waals surface area (Å²) in [6.07, 6.45) is 2.20. The molecule has 0 spiro atoms. The van der Waals surface area contributed by atoms with Gasteiger partial charge in [-0.25, -0.2) is 0 Å². The number of thioether (sulfide) groups is 1. The van der Waals surface area contributed by atoms with Crippen LogP contribution in [0.3, 0.4) is 0 Å². The van der Waals surface area contributed by atoms with E-state index in [0.29, 0.717) is 6.42 Å². The minimum atomic E-state index is 0.176. The number of rotatable bonds is 2. The van der Waals surface area contributed by atoms with Crippen LogP contribution in [-0.2, 0) is 4.79 Å². The molecular formula is C11H11NOS. The van der Waals surface area contributed by atoms with Crippen molar-refractivity contribution in [3.8, 4) is 0 Å². The average Bonchev–Trinajstić information content (AvgIpc) is 2.19. The van der Waals surface area contributed by atoms with E-state index in [0.717, 1.165) is 5.69 Å². The van der Waals surface area contributed by atoms with E-state index in [1.165, 1.54) is 0 Å². The summed E-state index contributed by atoms with van der Waals surface area (Å²) in [5.41, 5.74) is 1.06. The smallest absolute Gasteiger partial charge is 0.159 e. The van der Waals surface area contributed by atoms with Gasteiger partial charge in [0.25, 0.3) is 0 Å². The number of nitrogens with one attached hydrogen (secondary N) is 1. The fourth-order valence-corrected chi connectivity index (χ4v) is 2.20. The van der Waals surface area contributed by atoms with E-state index in [2.05, 4.69) is 5.32 Å². The molecule has 0 fully saturated rings. The van der Waals surface area contributed by atoms with Crippen LogP contribution in [0.1, 0.15) is 6.42 Å². The molecule has 0 saturated carbocycles. The Labute approximate surface area is 87.4 Å². The lowest BCUT2D eigenvalue weighted by molar-refractivity contribution is -0.114. The van der Waals surface area contributed by atoms with Gasteiger partial charge in [-0.2, -0.15) is 0 Å². The highest BCUT2D eigenvalue weighted by atomic mass is 32.2. The predicted octanol–water partition coefficient (Wildman–Crippen LogP) is 2.64. The second-order valence-electron chi connectivity index (χ2n) is 3.11. The topological polar surface area (TPSA) is 29.1 Å². The number of allylic oxidation sites excluding steroid dienone is 1. The molecule has 2 rings (SSSR count). The summed E-state index contributed by atoms with van der Waals surface area (Å²) >= 11 is 1.65. The molecule has 0 aliphatic carbocycles.